The lowest BCUT2D eigenvalue weighted by molar-refractivity contribution is -0.154. The van der Waals surface area contributed by atoms with Crippen molar-refractivity contribution in [2.24, 2.45) is 0 Å². The molecule has 94 valence electrons. The Labute approximate surface area is 103 Å². The van der Waals surface area contributed by atoms with E-state index >= 15 is 0 Å². The van der Waals surface area contributed by atoms with Gasteiger partial charge in [-0.15, -0.1) is 6.42 Å². The van der Waals surface area contributed by atoms with Gasteiger partial charge in [-0.3, -0.25) is 9.59 Å². The van der Waals surface area contributed by atoms with Crippen molar-refractivity contribution in [2.45, 2.75) is 58.2 Å². The topological polar surface area (TPSA) is 49.4 Å². The van der Waals surface area contributed by atoms with Crippen LogP contribution < -0.4 is 5.32 Å². The smallest absolute Gasteiger partial charge is 0.249 e. The molecule has 0 saturated carbocycles. The van der Waals surface area contributed by atoms with E-state index in [0.29, 0.717) is 0 Å². The highest BCUT2D eigenvalue weighted by molar-refractivity contribution is 5.99. The number of nitrogens with one attached hydrogen (secondary N) is 1. The number of terminal acetylenes is 1. The highest BCUT2D eigenvalue weighted by atomic mass is 16.2. The summed E-state index contributed by atoms with van der Waals surface area (Å²) >= 11 is 0. The molecule has 1 N–H and O–H groups in total. The predicted molar refractivity (Wildman–Crippen MR) is 66.1 cm³/mol. The van der Waals surface area contributed by atoms with Crippen LogP contribution in [0.3, 0.4) is 0 Å². The second kappa shape index (κ2) is 4.79. The number of carbonyl (C=O) groups is 2. The van der Waals surface area contributed by atoms with Crippen LogP contribution in [-0.4, -0.2) is 34.3 Å². The first kappa shape index (κ1) is 13.6. The maximum atomic E-state index is 12.3. The molecule has 0 aliphatic carbocycles. The third-order valence-corrected chi connectivity index (χ3v) is 3.09. The van der Waals surface area contributed by atoms with Crippen LogP contribution in [0.2, 0.25) is 0 Å². The molecular formula is C13H20N2O2. The second-order valence-electron chi connectivity index (χ2n) is 4.97. The fourth-order valence-corrected chi connectivity index (χ4v) is 2.08. The van der Waals surface area contributed by atoms with E-state index in [2.05, 4.69) is 11.2 Å². The number of nitrogens with zero attached hydrogens (tertiary/aromatic N) is 1. The summed E-state index contributed by atoms with van der Waals surface area (Å²) in [5, 5.41) is 2.71. The molecule has 0 aromatic heterocycles. The number of carbonyl (C=O) groups excluding carboxylic acids is 2. The SMILES string of the molecule is C#CC(CCC)N1C(=O)C(C)(C)NC(=O)C1C. The Hall–Kier alpha value is -1.50. The van der Waals surface area contributed by atoms with Crippen molar-refractivity contribution >= 4 is 11.8 Å². The van der Waals surface area contributed by atoms with Crippen LogP contribution in [0.1, 0.15) is 40.5 Å². The number of piperazine rings is 1. The molecule has 1 rings (SSSR count). The van der Waals surface area contributed by atoms with Crippen LogP contribution in [-0.2, 0) is 9.59 Å². The Kier molecular flexibility index (Phi) is 3.82. The molecule has 0 radical (unpaired) electrons. The minimum Gasteiger partial charge on any atom is -0.340 e. The molecule has 0 bridgehead atoms. The van der Waals surface area contributed by atoms with Crippen LogP contribution in [0.15, 0.2) is 0 Å². The molecule has 1 aliphatic heterocycles. The first-order valence-corrected chi connectivity index (χ1v) is 5.96. The average molecular weight is 236 g/mol. The average Bonchev–Trinajstić information content (AvgIpc) is 2.25. The fourth-order valence-electron chi connectivity index (χ4n) is 2.08. The minimum atomic E-state index is -0.869. The van der Waals surface area contributed by atoms with E-state index in [1.165, 1.54) is 0 Å². The molecule has 2 unspecified atom stereocenters. The lowest BCUT2D eigenvalue weighted by Crippen LogP contribution is -2.69. The van der Waals surface area contributed by atoms with Gasteiger partial charge in [0.05, 0.1) is 6.04 Å². The van der Waals surface area contributed by atoms with Gasteiger partial charge in [-0.05, 0) is 27.2 Å². The summed E-state index contributed by atoms with van der Waals surface area (Å²) in [7, 11) is 0. The zero-order valence-corrected chi connectivity index (χ0v) is 10.9. The van der Waals surface area contributed by atoms with Gasteiger partial charge in [0.2, 0.25) is 11.8 Å². The van der Waals surface area contributed by atoms with Gasteiger partial charge in [0.1, 0.15) is 11.6 Å². The standard InChI is InChI=1S/C13H20N2O2/c1-6-8-10(7-2)15-9(3)11(16)14-13(4,5)12(15)17/h2,9-10H,6,8H2,1,3-5H3,(H,14,16). The summed E-state index contributed by atoms with van der Waals surface area (Å²) in [5.41, 5.74) is -0.869. The Morgan fingerprint density at radius 1 is 1.53 bits per heavy atom. The van der Waals surface area contributed by atoms with Crippen molar-refractivity contribution in [3.63, 3.8) is 0 Å². The van der Waals surface area contributed by atoms with Gasteiger partial charge in [0.25, 0.3) is 0 Å². The van der Waals surface area contributed by atoms with Crippen LogP contribution >= 0.6 is 0 Å². The van der Waals surface area contributed by atoms with Crippen molar-refractivity contribution in [1.29, 1.82) is 0 Å². The number of hydrogen-bond donors (Lipinski definition) is 1. The van der Waals surface area contributed by atoms with E-state index in [1.807, 2.05) is 6.92 Å². The normalized spacial score (nSPS) is 25.1. The van der Waals surface area contributed by atoms with Gasteiger partial charge in [-0.1, -0.05) is 19.3 Å². The largest absolute Gasteiger partial charge is 0.340 e. The first-order chi connectivity index (χ1) is 7.85. The summed E-state index contributed by atoms with van der Waals surface area (Å²) in [4.78, 5) is 25.7. The molecule has 0 aromatic carbocycles. The predicted octanol–water partition coefficient (Wildman–Crippen LogP) is 0.914. The van der Waals surface area contributed by atoms with E-state index in [1.54, 1.807) is 25.7 Å². The van der Waals surface area contributed by atoms with E-state index in [4.69, 9.17) is 6.42 Å². The molecule has 1 aliphatic rings. The lowest BCUT2D eigenvalue weighted by Gasteiger charge is -2.44. The zero-order valence-electron chi connectivity index (χ0n) is 10.9. The van der Waals surface area contributed by atoms with Crippen molar-refractivity contribution < 1.29 is 9.59 Å². The lowest BCUT2D eigenvalue weighted by atomic mass is 9.94. The van der Waals surface area contributed by atoms with Crippen molar-refractivity contribution in [3.05, 3.63) is 0 Å². The van der Waals surface area contributed by atoms with E-state index < -0.39 is 11.6 Å². The highest BCUT2D eigenvalue weighted by Gasteiger charge is 2.45. The molecule has 2 atom stereocenters. The molecule has 0 spiro atoms. The molecular weight excluding hydrogens is 216 g/mol. The number of amides is 2. The van der Waals surface area contributed by atoms with Crippen molar-refractivity contribution in [1.82, 2.24) is 10.2 Å². The van der Waals surface area contributed by atoms with Crippen LogP contribution in [0.5, 0.6) is 0 Å². The van der Waals surface area contributed by atoms with Gasteiger partial charge in [0, 0.05) is 0 Å². The monoisotopic (exact) mass is 236 g/mol. The molecule has 4 heteroatoms. The maximum absolute atomic E-state index is 12.3. The van der Waals surface area contributed by atoms with Gasteiger partial charge >= 0.3 is 0 Å². The van der Waals surface area contributed by atoms with E-state index in [0.717, 1.165) is 12.8 Å². The highest BCUT2D eigenvalue weighted by Crippen LogP contribution is 2.22. The number of rotatable bonds is 3. The fraction of sp³-hybridized carbons (Fsp3) is 0.692. The first-order valence-electron chi connectivity index (χ1n) is 5.96. The Morgan fingerprint density at radius 2 is 2.12 bits per heavy atom. The Bertz CT molecular complexity index is 368. The molecule has 4 nitrogen and oxygen atoms in total. The number of hydrogen-bond acceptors (Lipinski definition) is 2. The third kappa shape index (κ3) is 2.44. The summed E-state index contributed by atoms with van der Waals surface area (Å²) in [6, 6.07) is -0.795. The summed E-state index contributed by atoms with van der Waals surface area (Å²) < 4.78 is 0. The van der Waals surface area contributed by atoms with Crippen molar-refractivity contribution in [3.8, 4) is 12.3 Å². The van der Waals surface area contributed by atoms with Crippen LogP contribution in [0.25, 0.3) is 0 Å². The molecule has 1 fully saturated rings. The van der Waals surface area contributed by atoms with Crippen molar-refractivity contribution in [2.75, 3.05) is 0 Å². The summed E-state index contributed by atoms with van der Waals surface area (Å²) in [5.74, 6) is 2.36. The van der Waals surface area contributed by atoms with Gasteiger partial charge in [-0.2, -0.15) is 0 Å². The minimum absolute atomic E-state index is 0.110. The van der Waals surface area contributed by atoms with Gasteiger partial charge in [0.15, 0.2) is 0 Å². The molecule has 0 aromatic rings. The third-order valence-electron chi connectivity index (χ3n) is 3.09. The van der Waals surface area contributed by atoms with Gasteiger partial charge < -0.3 is 10.2 Å². The zero-order chi connectivity index (χ0) is 13.2. The Balaban J connectivity index is 3.05. The van der Waals surface area contributed by atoms with Crippen LogP contribution in [0.4, 0.5) is 0 Å². The molecule has 2 amide bonds. The van der Waals surface area contributed by atoms with E-state index in [9.17, 15) is 9.59 Å². The summed E-state index contributed by atoms with van der Waals surface area (Å²) in [6.45, 7) is 7.12. The van der Waals surface area contributed by atoms with Gasteiger partial charge in [-0.25, -0.2) is 0 Å². The molecule has 1 heterocycles. The van der Waals surface area contributed by atoms with Crippen LogP contribution in [0, 0.1) is 12.3 Å². The molecule has 17 heavy (non-hydrogen) atoms. The summed E-state index contributed by atoms with van der Waals surface area (Å²) in [6.07, 6.45) is 7.07. The second-order valence-corrected chi connectivity index (χ2v) is 4.97. The quantitative estimate of drug-likeness (QED) is 0.741. The molecule has 1 saturated heterocycles. The van der Waals surface area contributed by atoms with E-state index in [-0.39, 0.29) is 17.9 Å². The maximum Gasteiger partial charge on any atom is 0.249 e. The Morgan fingerprint density at radius 3 is 2.59 bits per heavy atom.